The number of aromatic nitrogens is 5. The van der Waals surface area contributed by atoms with Crippen LogP contribution in [0.4, 0.5) is 5.95 Å². The highest BCUT2D eigenvalue weighted by Crippen LogP contribution is 2.38. The second-order valence-electron chi connectivity index (χ2n) is 11.4. The van der Waals surface area contributed by atoms with Gasteiger partial charge in [0, 0.05) is 13.1 Å². The first-order valence-electron chi connectivity index (χ1n) is 13.9. The molecule has 1 aliphatic heterocycles. The first-order chi connectivity index (χ1) is 18.0. The minimum absolute atomic E-state index is 0.0423. The molecule has 3 aromatic heterocycles. The van der Waals surface area contributed by atoms with E-state index in [4.69, 9.17) is 24.0 Å². The zero-order valence-corrected chi connectivity index (χ0v) is 22.1. The van der Waals surface area contributed by atoms with Gasteiger partial charge >= 0.3 is 5.76 Å². The van der Waals surface area contributed by atoms with Crippen LogP contribution in [-0.2, 0) is 11.3 Å². The van der Waals surface area contributed by atoms with E-state index in [-0.39, 0.29) is 18.0 Å². The summed E-state index contributed by atoms with van der Waals surface area (Å²) in [6.07, 6.45) is 8.63. The summed E-state index contributed by atoms with van der Waals surface area (Å²) in [6.45, 7) is 9.71. The van der Waals surface area contributed by atoms with Gasteiger partial charge in [0.1, 0.15) is 17.3 Å². The maximum Gasteiger partial charge on any atom is 0.439 e. The van der Waals surface area contributed by atoms with Gasteiger partial charge in [0.25, 0.3) is 0 Å². The molecule has 3 aromatic rings. The van der Waals surface area contributed by atoms with Crippen molar-refractivity contribution < 1.29 is 14.0 Å². The van der Waals surface area contributed by atoms with Crippen molar-refractivity contribution in [1.29, 1.82) is 0 Å². The Morgan fingerprint density at radius 1 is 1.16 bits per heavy atom. The molecule has 2 saturated carbocycles. The molecule has 3 fully saturated rings. The lowest BCUT2D eigenvalue weighted by molar-refractivity contribution is 0.0954. The summed E-state index contributed by atoms with van der Waals surface area (Å²) in [5.74, 6) is 3.09. The first kappa shape index (κ1) is 24.5. The largest absolute Gasteiger partial charge is 0.473 e. The van der Waals surface area contributed by atoms with E-state index >= 15 is 0 Å². The van der Waals surface area contributed by atoms with Crippen molar-refractivity contribution in [3.05, 3.63) is 16.6 Å². The number of ether oxygens (including phenoxy) is 2. The molecule has 6 rings (SSSR count). The summed E-state index contributed by atoms with van der Waals surface area (Å²) in [7, 11) is 0. The number of fused-ring (bicyclic) bond motifs is 1. The molecule has 200 valence electrons. The lowest BCUT2D eigenvalue weighted by Crippen LogP contribution is -2.45. The topological polar surface area (TPSA) is 111 Å². The molecule has 1 N–H and O–H groups in total. The van der Waals surface area contributed by atoms with Gasteiger partial charge in [-0.3, -0.25) is 9.51 Å². The van der Waals surface area contributed by atoms with Crippen molar-refractivity contribution in [2.45, 2.75) is 84.4 Å². The van der Waals surface area contributed by atoms with Crippen LogP contribution in [0.1, 0.15) is 65.7 Å². The van der Waals surface area contributed by atoms with Gasteiger partial charge in [-0.1, -0.05) is 31.3 Å². The Labute approximate surface area is 216 Å². The number of anilines is 1. The van der Waals surface area contributed by atoms with Crippen LogP contribution in [0.25, 0.3) is 22.6 Å². The van der Waals surface area contributed by atoms with Gasteiger partial charge in [-0.15, -0.1) is 0 Å². The number of hydrogen-bond donors (Lipinski definition) is 1. The number of hydrogen-bond acceptors (Lipinski definition) is 8. The van der Waals surface area contributed by atoms with Crippen LogP contribution in [-0.4, -0.2) is 56.6 Å². The lowest BCUT2D eigenvalue weighted by atomic mass is 9.82. The number of nitrogens with zero attached hydrogens (tertiary/aromatic N) is 5. The molecule has 1 unspecified atom stereocenters. The molecule has 2 atom stereocenters. The molecule has 0 radical (unpaired) electrons. The van der Waals surface area contributed by atoms with Crippen LogP contribution in [0, 0.1) is 17.8 Å². The molecule has 0 amide bonds. The fraction of sp³-hybridized carbons (Fsp3) is 0.704. The first-order valence-corrected chi connectivity index (χ1v) is 13.9. The predicted octanol–water partition coefficient (Wildman–Crippen LogP) is 4.39. The molecule has 4 heterocycles. The third-order valence-electron chi connectivity index (χ3n) is 8.67. The Morgan fingerprint density at radius 2 is 1.97 bits per heavy atom. The van der Waals surface area contributed by atoms with E-state index < -0.39 is 5.76 Å². The average molecular weight is 511 g/mol. The number of aromatic amines is 1. The number of pyridine rings is 1. The van der Waals surface area contributed by atoms with Gasteiger partial charge in [-0.2, -0.15) is 0 Å². The Hall–Kier alpha value is -2.88. The quantitative estimate of drug-likeness (QED) is 0.498. The van der Waals surface area contributed by atoms with Crippen molar-refractivity contribution in [3.63, 3.8) is 0 Å². The number of nitrogens with one attached hydrogen (secondary N) is 1. The monoisotopic (exact) mass is 510 g/mol. The number of imidazole rings is 1. The minimum atomic E-state index is -0.609. The summed E-state index contributed by atoms with van der Waals surface area (Å²) in [5.41, 5.74) is 2.21. The zero-order valence-electron chi connectivity index (χ0n) is 22.1. The van der Waals surface area contributed by atoms with E-state index in [1.54, 1.807) is 0 Å². The summed E-state index contributed by atoms with van der Waals surface area (Å²) in [5, 5.41) is 3.88. The molecular weight excluding hydrogens is 472 g/mol. The molecule has 10 heteroatoms. The highest BCUT2D eigenvalue weighted by molar-refractivity contribution is 5.86. The Morgan fingerprint density at radius 3 is 2.65 bits per heavy atom. The van der Waals surface area contributed by atoms with E-state index in [9.17, 15) is 4.79 Å². The van der Waals surface area contributed by atoms with Crippen LogP contribution in [0.5, 0.6) is 5.88 Å². The molecule has 10 nitrogen and oxygen atoms in total. The fourth-order valence-electron chi connectivity index (χ4n) is 6.02. The molecule has 1 saturated heterocycles. The fourth-order valence-corrected chi connectivity index (χ4v) is 6.02. The number of morpholine rings is 1. The standard InChI is InChI=1S/C27H38N6O4/c1-16-7-9-19(10-8-16)14-33-23-21(29-26(33)32-11-12-35-15-17(32)2)13-22(24-30-27(34)37-31-24)28-25(23)36-18(3)20-5-4-6-20/h13,16-20H,4-12,14-15H2,1-3H3,(H,30,31,34)/t16?,17-,18?,19?/m1/s1. The highest BCUT2D eigenvalue weighted by atomic mass is 16.5. The molecule has 2 aliphatic carbocycles. The normalized spacial score (nSPS) is 25.8. The SMILES string of the molecule is CC1CCC(Cn2c(N3CCOC[C@H]3C)nc3cc(-c4noc(=O)[nH]4)nc(OC(C)C4CCC4)c32)CC1. The van der Waals surface area contributed by atoms with Gasteiger partial charge in [0.05, 0.1) is 24.8 Å². The van der Waals surface area contributed by atoms with Crippen molar-refractivity contribution in [2.24, 2.45) is 17.8 Å². The van der Waals surface area contributed by atoms with Gasteiger partial charge < -0.3 is 18.9 Å². The van der Waals surface area contributed by atoms with E-state index in [1.807, 2.05) is 6.07 Å². The van der Waals surface area contributed by atoms with Crippen LogP contribution in [0.15, 0.2) is 15.4 Å². The van der Waals surface area contributed by atoms with Gasteiger partial charge in [-0.25, -0.2) is 14.8 Å². The summed E-state index contributed by atoms with van der Waals surface area (Å²) in [6, 6.07) is 2.10. The average Bonchev–Trinajstić information content (AvgIpc) is 3.43. The minimum Gasteiger partial charge on any atom is -0.473 e. The second-order valence-corrected chi connectivity index (χ2v) is 11.4. The van der Waals surface area contributed by atoms with Crippen molar-refractivity contribution in [2.75, 3.05) is 24.7 Å². The number of rotatable bonds is 7. The molecule has 0 spiro atoms. The summed E-state index contributed by atoms with van der Waals surface area (Å²) < 4.78 is 19.5. The number of H-pyrrole nitrogens is 1. The second kappa shape index (κ2) is 10.1. The van der Waals surface area contributed by atoms with Gasteiger partial charge in [0.15, 0.2) is 0 Å². The van der Waals surface area contributed by atoms with E-state index in [0.29, 0.717) is 36.6 Å². The van der Waals surface area contributed by atoms with Crippen molar-refractivity contribution >= 4 is 17.0 Å². The predicted molar refractivity (Wildman–Crippen MR) is 140 cm³/mol. The van der Waals surface area contributed by atoms with E-state index in [1.165, 1.54) is 44.9 Å². The maximum atomic E-state index is 11.7. The molecule has 0 aromatic carbocycles. The summed E-state index contributed by atoms with van der Waals surface area (Å²) in [4.78, 5) is 26.7. The summed E-state index contributed by atoms with van der Waals surface area (Å²) >= 11 is 0. The van der Waals surface area contributed by atoms with Crippen LogP contribution in [0.2, 0.25) is 0 Å². The lowest BCUT2D eigenvalue weighted by Gasteiger charge is -2.35. The smallest absolute Gasteiger partial charge is 0.439 e. The molecule has 37 heavy (non-hydrogen) atoms. The molecule has 0 bridgehead atoms. The van der Waals surface area contributed by atoms with Crippen LogP contribution < -0.4 is 15.4 Å². The van der Waals surface area contributed by atoms with Gasteiger partial charge in [-0.05, 0) is 63.4 Å². The Balaban J connectivity index is 1.48. The third kappa shape index (κ3) is 4.87. The Bertz CT molecular complexity index is 1290. The Kier molecular flexibility index (Phi) is 6.69. The van der Waals surface area contributed by atoms with E-state index in [0.717, 1.165) is 36.0 Å². The zero-order chi connectivity index (χ0) is 25.5. The van der Waals surface area contributed by atoms with Crippen molar-refractivity contribution in [1.82, 2.24) is 24.7 Å². The molecule has 3 aliphatic rings. The molecular formula is C27H38N6O4. The van der Waals surface area contributed by atoms with Crippen molar-refractivity contribution in [3.8, 4) is 17.4 Å². The van der Waals surface area contributed by atoms with Crippen LogP contribution >= 0.6 is 0 Å². The van der Waals surface area contributed by atoms with Crippen LogP contribution in [0.3, 0.4) is 0 Å². The maximum absolute atomic E-state index is 11.7. The highest BCUT2D eigenvalue weighted by Gasteiger charge is 2.31. The van der Waals surface area contributed by atoms with E-state index in [2.05, 4.69) is 40.4 Å². The third-order valence-corrected chi connectivity index (χ3v) is 8.67. The van der Waals surface area contributed by atoms with Gasteiger partial charge in [0.2, 0.25) is 17.7 Å².